The van der Waals surface area contributed by atoms with Gasteiger partial charge in [-0.3, -0.25) is 10.1 Å². The van der Waals surface area contributed by atoms with Crippen molar-refractivity contribution in [2.24, 2.45) is 10.2 Å². The number of azo groups is 1. The van der Waals surface area contributed by atoms with Crippen LogP contribution in [0.15, 0.2) is 40.6 Å². The Labute approximate surface area is 180 Å². The van der Waals surface area contributed by atoms with E-state index < -0.39 is 4.92 Å². The van der Waals surface area contributed by atoms with Crippen molar-refractivity contribution in [3.8, 4) is 6.07 Å². The standard InChI is InChI=1S/C18H14Cl2N6O2S/c1-2-25(9-3-8-21)12-6-4-11(5-7-12)23-24-18-22-16-14(26(27)28)10-13(19)15(20)17(16)29-18/h4-7,10H,2-3,9H2,1H3. The number of nitro benzene ring substituents is 1. The number of nitrogens with zero attached hydrogens (tertiary/aromatic N) is 6. The smallest absolute Gasteiger partial charge is 0.298 e. The summed E-state index contributed by atoms with van der Waals surface area (Å²) in [5.74, 6) is 0. The first-order valence-corrected chi connectivity index (χ1v) is 10.1. The van der Waals surface area contributed by atoms with Crippen molar-refractivity contribution in [3.63, 3.8) is 0 Å². The molecule has 0 atom stereocenters. The first kappa shape index (κ1) is 20.9. The molecule has 11 heteroatoms. The van der Waals surface area contributed by atoms with E-state index in [0.717, 1.165) is 23.6 Å². The Morgan fingerprint density at radius 2 is 2.03 bits per heavy atom. The first-order valence-electron chi connectivity index (χ1n) is 8.51. The number of non-ortho nitro benzene ring substituents is 1. The van der Waals surface area contributed by atoms with E-state index in [4.69, 9.17) is 28.5 Å². The highest BCUT2D eigenvalue weighted by Crippen LogP contribution is 2.42. The van der Waals surface area contributed by atoms with E-state index in [1.807, 2.05) is 19.1 Å². The quantitative estimate of drug-likeness (QED) is 0.227. The molecule has 0 unspecified atom stereocenters. The van der Waals surface area contributed by atoms with Gasteiger partial charge in [0.25, 0.3) is 5.69 Å². The highest BCUT2D eigenvalue weighted by Gasteiger charge is 2.21. The van der Waals surface area contributed by atoms with Gasteiger partial charge < -0.3 is 4.90 Å². The van der Waals surface area contributed by atoms with Crippen LogP contribution in [0.5, 0.6) is 0 Å². The molecular weight excluding hydrogens is 435 g/mol. The molecule has 0 aliphatic carbocycles. The van der Waals surface area contributed by atoms with E-state index in [0.29, 0.717) is 23.4 Å². The van der Waals surface area contributed by atoms with Crippen molar-refractivity contribution < 1.29 is 4.92 Å². The molecule has 0 spiro atoms. The van der Waals surface area contributed by atoms with Crippen LogP contribution in [0.25, 0.3) is 10.2 Å². The molecule has 148 valence electrons. The normalized spacial score (nSPS) is 11.1. The van der Waals surface area contributed by atoms with Crippen LogP contribution in [0.1, 0.15) is 13.3 Å². The number of thiazole rings is 1. The van der Waals surface area contributed by atoms with Gasteiger partial charge in [0, 0.05) is 24.8 Å². The number of hydrogen-bond acceptors (Lipinski definition) is 8. The van der Waals surface area contributed by atoms with E-state index in [-0.39, 0.29) is 26.4 Å². The van der Waals surface area contributed by atoms with Crippen LogP contribution in [0.3, 0.4) is 0 Å². The van der Waals surface area contributed by atoms with Gasteiger partial charge in [-0.25, -0.2) is 4.98 Å². The Hall–Kier alpha value is -2.80. The van der Waals surface area contributed by atoms with Gasteiger partial charge in [-0.05, 0) is 31.2 Å². The number of fused-ring (bicyclic) bond motifs is 1. The first-order chi connectivity index (χ1) is 13.9. The lowest BCUT2D eigenvalue weighted by Gasteiger charge is -2.21. The molecule has 0 N–H and O–H groups in total. The number of anilines is 1. The predicted molar refractivity (Wildman–Crippen MR) is 115 cm³/mol. The zero-order valence-electron chi connectivity index (χ0n) is 15.2. The van der Waals surface area contributed by atoms with Crippen molar-refractivity contribution >= 4 is 66.9 Å². The van der Waals surface area contributed by atoms with Gasteiger partial charge in [0.2, 0.25) is 5.13 Å². The molecule has 8 nitrogen and oxygen atoms in total. The van der Waals surface area contributed by atoms with Crippen LogP contribution < -0.4 is 4.90 Å². The SMILES string of the molecule is CCN(CCC#N)c1ccc(N=Nc2nc3c([N+](=O)[O-])cc(Cl)c(Cl)c3s2)cc1. The van der Waals surface area contributed by atoms with Crippen LogP contribution in [-0.2, 0) is 0 Å². The summed E-state index contributed by atoms with van der Waals surface area (Å²) >= 11 is 13.2. The molecule has 2 aromatic carbocycles. The summed E-state index contributed by atoms with van der Waals surface area (Å²) in [5.41, 5.74) is 1.49. The Morgan fingerprint density at radius 3 is 2.66 bits per heavy atom. The average molecular weight is 449 g/mol. The number of nitro groups is 1. The second-order valence-electron chi connectivity index (χ2n) is 5.83. The van der Waals surface area contributed by atoms with Crippen molar-refractivity contribution in [1.82, 2.24) is 4.98 Å². The van der Waals surface area contributed by atoms with Crippen LogP contribution in [-0.4, -0.2) is 23.0 Å². The van der Waals surface area contributed by atoms with Crippen molar-refractivity contribution in [1.29, 1.82) is 5.26 Å². The topological polar surface area (TPSA) is 108 Å². The van der Waals surface area contributed by atoms with Crippen molar-refractivity contribution in [3.05, 3.63) is 50.5 Å². The number of rotatable bonds is 7. The van der Waals surface area contributed by atoms with Crippen LogP contribution >= 0.6 is 34.5 Å². The summed E-state index contributed by atoms with van der Waals surface area (Å²) in [4.78, 5) is 16.9. The minimum absolute atomic E-state index is 0.0884. The van der Waals surface area contributed by atoms with Crippen LogP contribution in [0, 0.1) is 21.4 Å². The van der Waals surface area contributed by atoms with Gasteiger partial charge in [-0.2, -0.15) is 5.26 Å². The summed E-state index contributed by atoms with van der Waals surface area (Å²) in [6.07, 6.45) is 0.450. The third-order valence-electron chi connectivity index (χ3n) is 4.07. The van der Waals surface area contributed by atoms with E-state index in [1.165, 1.54) is 6.07 Å². The van der Waals surface area contributed by atoms with Gasteiger partial charge in [0.15, 0.2) is 5.52 Å². The summed E-state index contributed by atoms with van der Waals surface area (Å²) in [6, 6.07) is 10.7. The predicted octanol–water partition coefficient (Wildman–Crippen LogP) is 6.67. The fraction of sp³-hybridized carbons (Fsp3) is 0.222. The Bertz CT molecular complexity index is 1120. The van der Waals surface area contributed by atoms with Gasteiger partial charge >= 0.3 is 0 Å². The summed E-state index contributed by atoms with van der Waals surface area (Å²) in [6.45, 7) is 3.46. The molecule has 0 fully saturated rings. The molecule has 3 rings (SSSR count). The largest absolute Gasteiger partial charge is 0.371 e. The van der Waals surface area contributed by atoms with E-state index in [9.17, 15) is 10.1 Å². The Kier molecular flexibility index (Phi) is 6.59. The number of nitriles is 1. The fourth-order valence-electron chi connectivity index (χ4n) is 2.66. The molecule has 0 saturated heterocycles. The minimum Gasteiger partial charge on any atom is -0.371 e. The molecule has 0 aliphatic rings. The molecule has 1 aromatic heterocycles. The summed E-state index contributed by atoms with van der Waals surface area (Å²) in [7, 11) is 0. The molecule has 0 amide bonds. The maximum atomic E-state index is 11.2. The second kappa shape index (κ2) is 9.13. The van der Waals surface area contributed by atoms with E-state index in [1.54, 1.807) is 12.1 Å². The van der Waals surface area contributed by atoms with Crippen molar-refractivity contribution in [2.75, 3.05) is 18.0 Å². The average Bonchev–Trinajstić information content (AvgIpc) is 3.15. The number of halogens is 2. The molecule has 0 radical (unpaired) electrons. The summed E-state index contributed by atoms with van der Waals surface area (Å²) < 4.78 is 0.395. The third kappa shape index (κ3) is 4.62. The summed E-state index contributed by atoms with van der Waals surface area (Å²) in [5, 5.41) is 28.7. The second-order valence-corrected chi connectivity index (χ2v) is 7.59. The van der Waals surface area contributed by atoms with Gasteiger partial charge in [0.05, 0.1) is 37.8 Å². The molecule has 3 aromatic rings. The number of aromatic nitrogens is 1. The zero-order valence-corrected chi connectivity index (χ0v) is 17.5. The van der Waals surface area contributed by atoms with Gasteiger partial charge in [-0.1, -0.05) is 34.5 Å². The van der Waals surface area contributed by atoms with Gasteiger partial charge in [-0.15, -0.1) is 10.2 Å². The van der Waals surface area contributed by atoms with E-state index >= 15 is 0 Å². The molecular formula is C18H14Cl2N6O2S. The maximum Gasteiger partial charge on any atom is 0.298 e. The highest BCUT2D eigenvalue weighted by molar-refractivity contribution is 7.22. The maximum absolute atomic E-state index is 11.2. The lowest BCUT2D eigenvalue weighted by atomic mass is 10.2. The van der Waals surface area contributed by atoms with Gasteiger partial charge in [0.1, 0.15) is 0 Å². The monoisotopic (exact) mass is 448 g/mol. The third-order valence-corrected chi connectivity index (χ3v) is 5.93. The number of benzene rings is 2. The van der Waals surface area contributed by atoms with Crippen LogP contribution in [0.2, 0.25) is 10.0 Å². The van der Waals surface area contributed by atoms with Crippen molar-refractivity contribution in [2.45, 2.75) is 13.3 Å². The van der Waals surface area contributed by atoms with Crippen LogP contribution in [0.4, 0.5) is 22.2 Å². The minimum atomic E-state index is -0.560. The highest BCUT2D eigenvalue weighted by atomic mass is 35.5. The fourth-order valence-corrected chi connectivity index (χ4v) is 4.02. The molecule has 1 heterocycles. The molecule has 29 heavy (non-hydrogen) atoms. The lowest BCUT2D eigenvalue weighted by Crippen LogP contribution is -2.23. The molecule has 0 aliphatic heterocycles. The zero-order chi connectivity index (χ0) is 21.0. The molecule has 0 bridgehead atoms. The number of hydrogen-bond donors (Lipinski definition) is 0. The Morgan fingerprint density at radius 1 is 1.31 bits per heavy atom. The lowest BCUT2D eigenvalue weighted by molar-refractivity contribution is -0.383. The Balaban J connectivity index is 1.85. The van der Waals surface area contributed by atoms with E-state index in [2.05, 4.69) is 26.2 Å². The molecule has 0 saturated carbocycles.